The number of Topliss-reactive ketones (excluding diaryl/α,β-unsaturated/α-hetero) is 1. The number of benzene rings is 1. The largest absolute Gasteiger partial charge is 0.504 e. The quantitative estimate of drug-likeness (QED) is 0.475. The number of rotatable bonds is 1. The second kappa shape index (κ2) is 2.77. The molecule has 2 aromatic rings. The fraction of sp³-hybridized carbons (Fsp3) is 0.100. The highest BCUT2D eigenvalue weighted by molar-refractivity contribution is 5.98. The highest BCUT2D eigenvalue weighted by Crippen LogP contribution is 2.30. The fourth-order valence-corrected chi connectivity index (χ4v) is 1.35. The number of hydrogen-bond donors (Lipinski definition) is 3. The second-order valence-electron chi connectivity index (χ2n) is 3.17. The van der Waals surface area contributed by atoms with Crippen molar-refractivity contribution in [3.63, 3.8) is 0 Å². The number of carbonyl (C=O) groups excluding carboxylic acids is 1. The number of fused-ring (bicyclic) bond motifs is 1. The average Bonchev–Trinajstić information content (AvgIpc) is 2.48. The van der Waals surface area contributed by atoms with E-state index in [-0.39, 0.29) is 17.3 Å². The summed E-state index contributed by atoms with van der Waals surface area (Å²) in [6.07, 6.45) is 0. The Morgan fingerprint density at radius 2 is 1.86 bits per heavy atom. The fourth-order valence-electron chi connectivity index (χ4n) is 1.35. The molecule has 72 valence electrons. The highest BCUT2D eigenvalue weighted by atomic mass is 16.3. The minimum atomic E-state index is -0.200. The lowest BCUT2D eigenvalue weighted by Gasteiger charge is -1.95. The van der Waals surface area contributed by atoms with Crippen molar-refractivity contribution >= 4 is 16.7 Å². The maximum Gasteiger partial charge on any atom is 0.175 e. The van der Waals surface area contributed by atoms with Crippen LogP contribution in [0.2, 0.25) is 0 Å². The summed E-state index contributed by atoms with van der Waals surface area (Å²) in [5.74, 6) is -0.471. The van der Waals surface area contributed by atoms with Crippen LogP contribution in [0, 0.1) is 0 Å². The van der Waals surface area contributed by atoms with Crippen molar-refractivity contribution in [3.8, 4) is 11.5 Å². The van der Waals surface area contributed by atoms with E-state index in [0.29, 0.717) is 16.6 Å². The van der Waals surface area contributed by atoms with Gasteiger partial charge < -0.3 is 15.2 Å². The first-order valence-corrected chi connectivity index (χ1v) is 4.13. The first-order chi connectivity index (χ1) is 6.58. The predicted molar refractivity (Wildman–Crippen MR) is 51.6 cm³/mol. The molecule has 3 N–H and O–H groups in total. The van der Waals surface area contributed by atoms with Crippen LogP contribution in [0.4, 0.5) is 0 Å². The number of phenolic OH excluding ortho intramolecular Hbond substituents is 2. The van der Waals surface area contributed by atoms with Gasteiger partial charge in [0.05, 0.1) is 5.69 Å². The minimum absolute atomic E-state index is 0.0832. The van der Waals surface area contributed by atoms with E-state index in [9.17, 15) is 15.0 Å². The Morgan fingerprint density at radius 3 is 2.50 bits per heavy atom. The van der Waals surface area contributed by atoms with Crippen LogP contribution in [0.25, 0.3) is 10.9 Å². The predicted octanol–water partition coefficient (Wildman–Crippen LogP) is 1.78. The first-order valence-electron chi connectivity index (χ1n) is 4.13. The number of carbonyl (C=O) groups is 1. The topological polar surface area (TPSA) is 73.3 Å². The molecule has 0 unspecified atom stereocenters. The van der Waals surface area contributed by atoms with Crippen molar-refractivity contribution in [2.45, 2.75) is 6.92 Å². The summed E-state index contributed by atoms with van der Waals surface area (Å²) < 4.78 is 0. The van der Waals surface area contributed by atoms with Gasteiger partial charge in [0.15, 0.2) is 17.3 Å². The molecule has 4 heteroatoms. The van der Waals surface area contributed by atoms with Gasteiger partial charge in [0.2, 0.25) is 0 Å². The first kappa shape index (κ1) is 8.62. The van der Waals surface area contributed by atoms with E-state index in [1.54, 1.807) is 6.07 Å². The molecule has 1 heterocycles. The van der Waals surface area contributed by atoms with Crippen LogP contribution in [-0.2, 0) is 0 Å². The standard InChI is InChI=1S/C10H9NO3/c1-5(12)7-2-6-3-9(13)10(14)4-8(6)11-7/h2-4,11,13-14H,1H3. The zero-order chi connectivity index (χ0) is 10.3. The molecule has 0 bridgehead atoms. The van der Waals surface area contributed by atoms with Crippen LogP contribution in [0.3, 0.4) is 0 Å². The third-order valence-electron chi connectivity index (χ3n) is 2.10. The summed E-state index contributed by atoms with van der Waals surface area (Å²) in [6.45, 7) is 1.45. The van der Waals surface area contributed by atoms with E-state index in [1.807, 2.05) is 0 Å². The molecule has 0 atom stereocenters. The highest BCUT2D eigenvalue weighted by Gasteiger charge is 2.07. The summed E-state index contributed by atoms with van der Waals surface area (Å²) in [5, 5.41) is 19.1. The Labute approximate surface area is 79.8 Å². The van der Waals surface area contributed by atoms with Gasteiger partial charge in [-0.25, -0.2) is 0 Å². The Bertz CT molecular complexity index is 474. The molecule has 0 radical (unpaired) electrons. The smallest absolute Gasteiger partial charge is 0.175 e. The number of ketones is 1. The normalized spacial score (nSPS) is 10.6. The SMILES string of the molecule is CC(=O)c1cc2cc(O)c(O)cc2[nH]1. The third-order valence-corrected chi connectivity index (χ3v) is 2.10. The van der Waals surface area contributed by atoms with E-state index in [1.165, 1.54) is 19.1 Å². The molecule has 1 aromatic heterocycles. The molecule has 0 aliphatic rings. The number of nitrogens with one attached hydrogen (secondary N) is 1. The molecule has 0 fully saturated rings. The third kappa shape index (κ3) is 1.21. The van der Waals surface area contributed by atoms with Crippen LogP contribution < -0.4 is 0 Å². The maximum absolute atomic E-state index is 11.0. The molecule has 0 saturated heterocycles. The van der Waals surface area contributed by atoms with Crippen molar-refractivity contribution in [3.05, 3.63) is 23.9 Å². The summed E-state index contributed by atoms with van der Waals surface area (Å²) >= 11 is 0. The molecule has 0 aliphatic heterocycles. The molecular weight excluding hydrogens is 182 g/mol. The summed E-state index contributed by atoms with van der Waals surface area (Å²) in [5.41, 5.74) is 1.09. The van der Waals surface area contributed by atoms with Gasteiger partial charge in [-0.05, 0) is 12.1 Å². The van der Waals surface area contributed by atoms with Gasteiger partial charge in [-0.1, -0.05) is 0 Å². The Kier molecular flexibility index (Phi) is 1.70. The maximum atomic E-state index is 11.0. The summed E-state index contributed by atoms with van der Waals surface area (Å²) in [4.78, 5) is 13.9. The monoisotopic (exact) mass is 191 g/mol. The van der Waals surface area contributed by atoms with Crippen LogP contribution in [0.1, 0.15) is 17.4 Å². The van der Waals surface area contributed by atoms with E-state index < -0.39 is 0 Å². The molecule has 0 saturated carbocycles. The zero-order valence-electron chi connectivity index (χ0n) is 7.53. The van der Waals surface area contributed by atoms with Crippen molar-refractivity contribution in [1.29, 1.82) is 0 Å². The van der Waals surface area contributed by atoms with Crippen molar-refractivity contribution in [2.24, 2.45) is 0 Å². The lowest BCUT2D eigenvalue weighted by molar-refractivity contribution is 0.101. The van der Waals surface area contributed by atoms with Crippen LogP contribution in [0.5, 0.6) is 11.5 Å². The summed E-state index contributed by atoms with van der Waals surface area (Å²) in [7, 11) is 0. The second-order valence-corrected chi connectivity index (χ2v) is 3.17. The molecule has 0 amide bonds. The van der Waals surface area contributed by atoms with Crippen LogP contribution in [-0.4, -0.2) is 21.0 Å². The molecular formula is C10H9NO3. The lowest BCUT2D eigenvalue weighted by atomic mass is 10.2. The van der Waals surface area contributed by atoms with Crippen LogP contribution >= 0.6 is 0 Å². The number of aromatic hydroxyl groups is 2. The van der Waals surface area contributed by atoms with Gasteiger partial charge in [-0.2, -0.15) is 0 Å². The average molecular weight is 191 g/mol. The number of aromatic amines is 1. The number of hydrogen-bond acceptors (Lipinski definition) is 3. The van der Waals surface area contributed by atoms with Gasteiger partial charge in [0.25, 0.3) is 0 Å². The lowest BCUT2D eigenvalue weighted by Crippen LogP contribution is -1.89. The zero-order valence-corrected chi connectivity index (χ0v) is 7.53. The molecule has 4 nitrogen and oxygen atoms in total. The molecule has 14 heavy (non-hydrogen) atoms. The Morgan fingerprint density at radius 1 is 1.21 bits per heavy atom. The van der Waals surface area contributed by atoms with Gasteiger partial charge in [0.1, 0.15) is 0 Å². The van der Waals surface area contributed by atoms with E-state index in [4.69, 9.17) is 0 Å². The van der Waals surface area contributed by atoms with E-state index >= 15 is 0 Å². The van der Waals surface area contributed by atoms with Gasteiger partial charge in [0, 0.05) is 23.9 Å². The van der Waals surface area contributed by atoms with Gasteiger partial charge in [-0.15, -0.1) is 0 Å². The molecule has 1 aromatic carbocycles. The molecule has 0 aliphatic carbocycles. The molecule has 2 rings (SSSR count). The number of aromatic nitrogens is 1. The number of phenols is 2. The van der Waals surface area contributed by atoms with Crippen molar-refractivity contribution in [2.75, 3.05) is 0 Å². The Hall–Kier alpha value is -1.97. The van der Waals surface area contributed by atoms with Crippen molar-refractivity contribution in [1.82, 2.24) is 4.98 Å². The molecule has 0 spiro atoms. The van der Waals surface area contributed by atoms with Crippen LogP contribution in [0.15, 0.2) is 18.2 Å². The van der Waals surface area contributed by atoms with Crippen molar-refractivity contribution < 1.29 is 15.0 Å². The van der Waals surface area contributed by atoms with E-state index in [0.717, 1.165) is 0 Å². The number of H-pyrrole nitrogens is 1. The van der Waals surface area contributed by atoms with Gasteiger partial charge in [-0.3, -0.25) is 4.79 Å². The minimum Gasteiger partial charge on any atom is -0.504 e. The summed E-state index contributed by atoms with van der Waals surface area (Å²) in [6, 6.07) is 4.43. The Balaban J connectivity index is 2.72. The van der Waals surface area contributed by atoms with Gasteiger partial charge >= 0.3 is 0 Å². The van der Waals surface area contributed by atoms with E-state index in [2.05, 4.69) is 4.98 Å².